The average Bonchev–Trinajstić information content (AvgIpc) is 2.62. The predicted octanol–water partition coefficient (Wildman–Crippen LogP) is 2.21. The van der Waals surface area contributed by atoms with Crippen LogP contribution in [0.1, 0.15) is 15.5 Å². The largest absolute Gasteiger partial charge is 0.476 e. The Balaban J connectivity index is 2.50. The number of hydrogen-bond acceptors (Lipinski definition) is 4. The van der Waals surface area contributed by atoms with Gasteiger partial charge in [0.05, 0.1) is 10.6 Å². The lowest BCUT2D eigenvalue weighted by molar-refractivity contribution is 0.0696. The van der Waals surface area contributed by atoms with Crippen molar-refractivity contribution < 1.29 is 9.90 Å². The highest BCUT2D eigenvalue weighted by Crippen LogP contribution is 2.29. The molecule has 0 radical (unpaired) electrons. The third-order valence-corrected chi connectivity index (χ3v) is 3.10. The van der Waals surface area contributed by atoms with Crippen LogP contribution in [0.4, 0.5) is 0 Å². The van der Waals surface area contributed by atoms with Crippen LogP contribution >= 0.6 is 11.3 Å². The predicted molar refractivity (Wildman–Crippen MR) is 57.0 cm³/mol. The fourth-order valence-electron chi connectivity index (χ4n) is 1.25. The van der Waals surface area contributed by atoms with Gasteiger partial charge < -0.3 is 5.11 Å². The van der Waals surface area contributed by atoms with Crippen LogP contribution in [-0.4, -0.2) is 21.0 Å². The van der Waals surface area contributed by atoms with E-state index in [1.807, 2.05) is 12.1 Å². The van der Waals surface area contributed by atoms with Crippen molar-refractivity contribution in [2.75, 3.05) is 0 Å². The second-order valence-electron chi connectivity index (χ2n) is 2.98. The first-order valence-corrected chi connectivity index (χ1v) is 5.11. The van der Waals surface area contributed by atoms with Gasteiger partial charge in [0.2, 0.25) is 5.01 Å². The van der Waals surface area contributed by atoms with E-state index in [1.54, 1.807) is 19.3 Å². The number of carboxylic acids is 1. The van der Waals surface area contributed by atoms with Gasteiger partial charge in [0, 0.05) is 18.0 Å². The summed E-state index contributed by atoms with van der Waals surface area (Å²) < 4.78 is 0. The molecule has 0 spiro atoms. The summed E-state index contributed by atoms with van der Waals surface area (Å²) >= 11 is 1.17. The van der Waals surface area contributed by atoms with Crippen molar-refractivity contribution in [3.63, 3.8) is 0 Å². The van der Waals surface area contributed by atoms with Crippen LogP contribution in [0.15, 0.2) is 24.5 Å². The molecule has 0 saturated carbocycles. The Kier molecular flexibility index (Phi) is 2.47. The Bertz CT molecular complexity index is 493. The SMILES string of the molecule is Cc1nc(C(=O)O)sc1-c1cccnc1. The number of nitrogens with zero attached hydrogens (tertiary/aromatic N) is 2. The molecule has 2 aromatic rings. The third-order valence-electron chi connectivity index (χ3n) is 1.90. The summed E-state index contributed by atoms with van der Waals surface area (Å²) in [6.45, 7) is 1.80. The van der Waals surface area contributed by atoms with Crippen molar-refractivity contribution in [3.8, 4) is 10.4 Å². The standard InChI is InChI=1S/C10H8N2O2S/c1-6-8(7-3-2-4-11-5-7)15-9(12-6)10(13)14/h2-5H,1H3,(H,13,14). The van der Waals surface area contributed by atoms with Crippen LogP contribution < -0.4 is 0 Å². The number of aromatic carboxylic acids is 1. The van der Waals surface area contributed by atoms with E-state index in [1.165, 1.54) is 11.3 Å². The second-order valence-corrected chi connectivity index (χ2v) is 3.98. The number of pyridine rings is 1. The lowest BCUT2D eigenvalue weighted by Gasteiger charge is -1.95. The smallest absolute Gasteiger partial charge is 0.365 e. The maximum atomic E-state index is 10.7. The van der Waals surface area contributed by atoms with E-state index in [0.29, 0.717) is 0 Å². The molecule has 0 aliphatic heterocycles. The van der Waals surface area contributed by atoms with E-state index in [2.05, 4.69) is 9.97 Å². The lowest BCUT2D eigenvalue weighted by atomic mass is 10.2. The lowest BCUT2D eigenvalue weighted by Crippen LogP contribution is -1.93. The summed E-state index contributed by atoms with van der Waals surface area (Å²) in [5.74, 6) is -0.988. The molecule has 4 nitrogen and oxygen atoms in total. The first kappa shape index (κ1) is 9.79. The van der Waals surface area contributed by atoms with Crippen LogP contribution in [-0.2, 0) is 0 Å². The van der Waals surface area contributed by atoms with Gasteiger partial charge in [-0.25, -0.2) is 9.78 Å². The molecular formula is C10H8N2O2S. The molecule has 0 bridgehead atoms. The normalized spacial score (nSPS) is 10.2. The Morgan fingerprint density at radius 2 is 2.33 bits per heavy atom. The number of rotatable bonds is 2. The van der Waals surface area contributed by atoms with Crippen molar-refractivity contribution in [2.45, 2.75) is 6.92 Å². The molecule has 76 valence electrons. The molecule has 5 heteroatoms. The average molecular weight is 220 g/mol. The van der Waals surface area contributed by atoms with Gasteiger partial charge in [0.1, 0.15) is 0 Å². The van der Waals surface area contributed by atoms with Gasteiger partial charge in [-0.1, -0.05) is 6.07 Å². The summed E-state index contributed by atoms with van der Waals surface area (Å²) in [7, 11) is 0. The maximum absolute atomic E-state index is 10.7. The Morgan fingerprint density at radius 1 is 1.53 bits per heavy atom. The molecule has 2 aromatic heterocycles. The zero-order valence-electron chi connectivity index (χ0n) is 7.97. The van der Waals surface area contributed by atoms with Gasteiger partial charge in [0.25, 0.3) is 0 Å². The monoisotopic (exact) mass is 220 g/mol. The highest BCUT2D eigenvalue weighted by Gasteiger charge is 2.14. The van der Waals surface area contributed by atoms with Crippen LogP contribution in [0.5, 0.6) is 0 Å². The van der Waals surface area contributed by atoms with E-state index < -0.39 is 5.97 Å². The van der Waals surface area contributed by atoms with Gasteiger partial charge in [-0.3, -0.25) is 4.98 Å². The molecule has 0 aliphatic rings. The molecule has 2 rings (SSSR count). The summed E-state index contributed by atoms with van der Waals surface area (Å²) in [6, 6.07) is 3.70. The van der Waals surface area contributed by atoms with Gasteiger partial charge in [-0.15, -0.1) is 11.3 Å². The molecule has 0 atom stereocenters. The molecule has 0 saturated heterocycles. The fraction of sp³-hybridized carbons (Fsp3) is 0.100. The number of thiazole rings is 1. The number of aryl methyl sites for hydroxylation is 1. The zero-order valence-corrected chi connectivity index (χ0v) is 8.78. The fourth-order valence-corrected chi connectivity index (χ4v) is 2.15. The molecule has 0 unspecified atom stereocenters. The van der Waals surface area contributed by atoms with Crippen LogP contribution in [0.25, 0.3) is 10.4 Å². The van der Waals surface area contributed by atoms with Crippen LogP contribution in [0.3, 0.4) is 0 Å². The number of carbonyl (C=O) groups is 1. The summed E-state index contributed by atoms with van der Waals surface area (Å²) in [5.41, 5.74) is 1.63. The maximum Gasteiger partial charge on any atom is 0.365 e. The van der Waals surface area contributed by atoms with Crippen molar-refractivity contribution >= 4 is 17.3 Å². The quantitative estimate of drug-likeness (QED) is 0.842. The summed E-state index contributed by atoms with van der Waals surface area (Å²) in [6.07, 6.45) is 3.38. The number of carboxylic acid groups (broad SMARTS) is 1. The van der Waals surface area contributed by atoms with E-state index in [9.17, 15) is 4.79 Å². The minimum Gasteiger partial charge on any atom is -0.476 e. The molecule has 0 aromatic carbocycles. The van der Waals surface area contributed by atoms with E-state index in [-0.39, 0.29) is 5.01 Å². The van der Waals surface area contributed by atoms with Crippen LogP contribution in [0.2, 0.25) is 0 Å². The highest BCUT2D eigenvalue weighted by molar-refractivity contribution is 7.17. The Morgan fingerprint density at radius 3 is 2.87 bits per heavy atom. The summed E-state index contributed by atoms with van der Waals surface area (Å²) in [4.78, 5) is 19.6. The molecule has 0 fully saturated rings. The van der Waals surface area contributed by atoms with Crippen molar-refractivity contribution in [1.82, 2.24) is 9.97 Å². The zero-order chi connectivity index (χ0) is 10.8. The van der Waals surface area contributed by atoms with Crippen molar-refractivity contribution in [2.24, 2.45) is 0 Å². The first-order chi connectivity index (χ1) is 7.18. The van der Waals surface area contributed by atoms with Gasteiger partial charge >= 0.3 is 5.97 Å². The van der Waals surface area contributed by atoms with E-state index >= 15 is 0 Å². The minimum atomic E-state index is -0.988. The number of aromatic nitrogens is 2. The van der Waals surface area contributed by atoms with E-state index in [4.69, 9.17) is 5.11 Å². The van der Waals surface area contributed by atoms with Gasteiger partial charge in [0.15, 0.2) is 0 Å². The second kappa shape index (κ2) is 3.78. The molecule has 2 heterocycles. The molecular weight excluding hydrogens is 212 g/mol. The van der Waals surface area contributed by atoms with Crippen LogP contribution in [0, 0.1) is 6.92 Å². The molecule has 1 N–H and O–H groups in total. The van der Waals surface area contributed by atoms with Crippen molar-refractivity contribution in [3.05, 3.63) is 35.2 Å². The number of hydrogen-bond donors (Lipinski definition) is 1. The Labute approximate surface area is 90.3 Å². The molecule has 15 heavy (non-hydrogen) atoms. The molecule has 0 aliphatic carbocycles. The minimum absolute atomic E-state index is 0.117. The third kappa shape index (κ3) is 1.87. The summed E-state index contributed by atoms with van der Waals surface area (Å²) in [5, 5.41) is 8.92. The Hall–Kier alpha value is -1.75. The van der Waals surface area contributed by atoms with Crippen molar-refractivity contribution in [1.29, 1.82) is 0 Å². The highest BCUT2D eigenvalue weighted by atomic mass is 32.1. The topological polar surface area (TPSA) is 63.1 Å². The van der Waals surface area contributed by atoms with E-state index in [0.717, 1.165) is 16.1 Å². The van der Waals surface area contributed by atoms with Gasteiger partial charge in [-0.2, -0.15) is 0 Å². The first-order valence-electron chi connectivity index (χ1n) is 4.29. The van der Waals surface area contributed by atoms with Gasteiger partial charge in [-0.05, 0) is 13.0 Å². The molecule has 0 amide bonds.